The average molecular weight is 485 g/mol. The summed E-state index contributed by atoms with van der Waals surface area (Å²) in [4.78, 5) is 8.58. The molecule has 0 bridgehead atoms. The lowest BCUT2D eigenvalue weighted by Crippen LogP contribution is -2.02. The van der Waals surface area contributed by atoms with Crippen LogP contribution in [-0.4, -0.2) is 41.0 Å². The monoisotopic (exact) mass is 484 g/mol. The van der Waals surface area contributed by atoms with Crippen molar-refractivity contribution >= 4 is 11.6 Å². The minimum absolute atomic E-state index is 0.0268. The molecule has 0 fully saturated rings. The van der Waals surface area contributed by atoms with Crippen LogP contribution in [0.2, 0.25) is 5.02 Å². The van der Waals surface area contributed by atoms with Crippen LogP contribution in [0, 0.1) is 5.82 Å². The van der Waals surface area contributed by atoms with E-state index in [0.717, 1.165) is 11.1 Å². The summed E-state index contributed by atoms with van der Waals surface area (Å²) in [6, 6.07) is 8.57. The lowest BCUT2D eigenvalue weighted by molar-refractivity contribution is 0.131. The van der Waals surface area contributed by atoms with E-state index in [4.69, 9.17) is 30.2 Å². The number of methoxy groups -OCH3 is 2. The molecule has 0 unspecified atom stereocenters. The van der Waals surface area contributed by atoms with E-state index in [9.17, 15) is 4.39 Å². The van der Waals surface area contributed by atoms with Gasteiger partial charge in [-0.2, -0.15) is 0 Å². The van der Waals surface area contributed by atoms with Crippen LogP contribution in [0.3, 0.4) is 0 Å². The highest BCUT2D eigenvalue weighted by molar-refractivity contribution is 6.30. The molecule has 0 N–H and O–H groups in total. The van der Waals surface area contributed by atoms with Crippen LogP contribution >= 0.6 is 11.6 Å². The maximum atomic E-state index is 14.1. The Kier molecular flexibility index (Phi) is 7.34. The first-order chi connectivity index (χ1) is 16.5. The third kappa shape index (κ3) is 5.00. The molecule has 0 aliphatic heterocycles. The van der Waals surface area contributed by atoms with Gasteiger partial charge in [0.05, 0.1) is 54.8 Å². The number of hydrogen-bond acceptors (Lipinski definition) is 8. The maximum Gasteiger partial charge on any atom is 0.249 e. The second kappa shape index (κ2) is 10.6. The zero-order chi connectivity index (χ0) is 24.1. The van der Waals surface area contributed by atoms with E-state index in [0.29, 0.717) is 36.0 Å². The molecule has 0 saturated carbocycles. The molecule has 34 heavy (non-hydrogen) atoms. The van der Waals surface area contributed by atoms with E-state index in [1.807, 2.05) is 31.2 Å². The standard InChI is InChI=1S/C24H22ClFN4O4/c1-4-33-13-19-16(23-20(31-2)6-5-7-21(23)32-3)8-14(11-27-19)24-30-29-22(34-24)10-18-17(26)9-15(25)12-28-18/h5-9,11-12H,4,10,13H2,1-3H3. The van der Waals surface area contributed by atoms with Crippen LogP contribution in [0.5, 0.6) is 11.5 Å². The number of ether oxygens (including phenoxy) is 3. The Hall–Kier alpha value is -3.56. The molecule has 4 aromatic rings. The van der Waals surface area contributed by atoms with Crippen molar-refractivity contribution in [2.75, 3.05) is 20.8 Å². The van der Waals surface area contributed by atoms with Crippen LogP contribution in [-0.2, 0) is 17.8 Å². The van der Waals surface area contributed by atoms with Gasteiger partial charge < -0.3 is 18.6 Å². The van der Waals surface area contributed by atoms with Gasteiger partial charge in [0.15, 0.2) is 0 Å². The van der Waals surface area contributed by atoms with Crippen molar-refractivity contribution in [1.82, 2.24) is 20.2 Å². The highest BCUT2D eigenvalue weighted by Gasteiger charge is 2.20. The lowest BCUT2D eigenvalue weighted by atomic mass is 10.00. The van der Waals surface area contributed by atoms with Crippen molar-refractivity contribution < 1.29 is 23.0 Å². The van der Waals surface area contributed by atoms with Gasteiger partial charge in [0, 0.05) is 24.6 Å². The predicted molar refractivity (Wildman–Crippen MR) is 123 cm³/mol. The molecule has 10 heteroatoms. The molecule has 0 spiro atoms. The van der Waals surface area contributed by atoms with Gasteiger partial charge in [-0.3, -0.25) is 9.97 Å². The fourth-order valence-corrected chi connectivity index (χ4v) is 3.56. The molecule has 0 saturated heterocycles. The maximum absolute atomic E-state index is 14.1. The minimum Gasteiger partial charge on any atom is -0.496 e. The van der Waals surface area contributed by atoms with E-state index < -0.39 is 5.82 Å². The molecule has 1 aromatic carbocycles. The van der Waals surface area contributed by atoms with E-state index in [1.165, 1.54) is 12.3 Å². The molecule has 4 rings (SSSR count). The summed E-state index contributed by atoms with van der Waals surface area (Å²) < 4.78 is 36.7. The number of nitrogens with zero attached hydrogens (tertiary/aromatic N) is 4. The molecular formula is C24H22ClFN4O4. The number of benzene rings is 1. The molecule has 8 nitrogen and oxygen atoms in total. The second-order valence-corrected chi connectivity index (χ2v) is 7.59. The minimum atomic E-state index is -0.542. The van der Waals surface area contributed by atoms with Crippen molar-refractivity contribution in [3.8, 4) is 34.1 Å². The Bertz CT molecular complexity index is 1280. The van der Waals surface area contributed by atoms with E-state index in [1.54, 1.807) is 20.4 Å². The highest BCUT2D eigenvalue weighted by Crippen LogP contribution is 2.41. The molecule has 0 radical (unpaired) electrons. The van der Waals surface area contributed by atoms with Crippen molar-refractivity contribution in [2.45, 2.75) is 20.0 Å². The normalized spacial score (nSPS) is 11.0. The Morgan fingerprint density at radius 3 is 2.41 bits per heavy atom. The Morgan fingerprint density at radius 1 is 1.00 bits per heavy atom. The fraction of sp³-hybridized carbons (Fsp3) is 0.250. The molecule has 0 atom stereocenters. The average Bonchev–Trinajstić information content (AvgIpc) is 3.32. The van der Waals surface area contributed by atoms with E-state index in [2.05, 4.69) is 20.2 Å². The number of aromatic nitrogens is 4. The zero-order valence-corrected chi connectivity index (χ0v) is 19.6. The fourth-order valence-electron chi connectivity index (χ4n) is 3.41. The van der Waals surface area contributed by atoms with Crippen LogP contribution in [0.15, 0.2) is 47.1 Å². The Balaban J connectivity index is 1.74. The highest BCUT2D eigenvalue weighted by atomic mass is 35.5. The first-order valence-electron chi connectivity index (χ1n) is 10.4. The third-order valence-corrected chi connectivity index (χ3v) is 5.23. The summed E-state index contributed by atoms with van der Waals surface area (Å²) in [5, 5.41) is 8.36. The SMILES string of the molecule is CCOCc1ncc(-c2nnc(Cc3ncc(Cl)cc3F)o2)cc1-c1c(OC)cccc1OC. The van der Waals surface area contributed by atoms with Gasteiger partial charge in [-0.25, -0.2) is 4.39 Å². The molecule has 0 aliphatic carbocycles. The predicted octanol–water partition coefficient (Wildman–Crippen LogP) is 5.13. The van der Waals surface area contributed by atoms with Crippen molar-refractivity contribution in [1.29, 1.82) is 0 Å². The molecule has 176 valence electrons. The summed E-state index contributed by atoms with van der Waals surface area (Å²) in [5.41, 5.74) is 2.89. The van der Waals surface area contributed by atoms with Gasteiger partial charge in [-0.05, 0) is 31.2 Å². The molecule has 0 aliphatic rings. The van der Waals surface area contributed by atoms with Crippen molar-refractivity contribution in [2.24, 2.45) is 0 Å². The summed E-state index contributed by atoms with van der Waals surface area (Å²) in [6.45, 7) is 2.74. The van der Waals surface area contributed by atoms with Gasteiger partial charge in [0.1, 0.15) is 17.3 Å². The van der Waals surface area contributed by atoms with Crippen LogP contribution in [0.25, 0.3) is 22.6 Å². The quantitative estimate of drug-likeness (QED) is 0.323. The Morgan fingerprint density at radius 2 is 1.74 bits per heavy atom. The number of halogens is 2. The molecule has 0 amide bonds. The number of hydrogen-bond donors (Lipinski definition) is 0. The van der Waals surface area contributed by atoms with Crippen LogP contribution < -0.4 is 9.47 Å². The summed E-state index contributed by atoms with van der Waals surface area (Å²) in [5.74, 6) is 1.13. The first-order valence-corrected chi connectivity index (χ1v) is 10.8. The van der Waals surface area contributed by atoms with Crippen LogP contribution in [0.4, 0.5) is 4.39 Å². The third-order valence-electron chi connectivity index (χ3n) is 5.03. The van der Waals surface area contributed by atoms with Gasteiger partial charge in [-0.1, -0.05) is 17.7 Å². The van der Waals surface area contributed by atoms with Crippen molar-refractivity contribution in [3.63, 3.8) is 0 Å². The topological polar surface area (TPSA) is 92.4 Å². The number of pyridine rings is 2. The Labute approximate surface area is 200 Å². The summed E-state index contributed by atoms with van der Waals surface area (Å²) >= 11 is 5.77. The van der Waals surface area contributed by atoms with Gasteiger partial charge in [0.2, 0.25) is 11.8 Å². The van der Waals surface area contributed by atoms with Gasteiger partial charge in [0.25, 0.3) is 0 Å². The van der Waals surface area contributed by atoms with Crippen LogP contribution in [0.1, 0.15) is 24.2 Å². The smallest absolute Gasteiger partial charge is 0.249 e. The first kappa shape index (κ1) is 23.6. The van der Waals surface area contributed by atoms with E-state index in [-0.39, 0.29) is 28.9 Å². The van der Waals surface area contributed by atoms with Crippen molar-refractivity contribution in [3.05, 3.63) is 70.8 Å². The van der Waals surface area contributed by atoms with Gasteiger partial charge >= 0.3 is 0 Å². The molecular weight excluding hydrogens is 463 g/mol. The molecule has 3 heterocycles. The van der Waals surface area contributed by atoms with Gasteiger partial charge in [-0.15, -0.1) is 10.2 Å². The summed E-state index contributed by atoms with van der Waals surface area (Å²) in [6.07, 6.45) is 3.02. The molecule has 3 aromatic heterocycles. The van der Waals surface area contributed by atoms with E-state index >= 15 is 0 Å². The summed E-state index contributed by atoms with van der Waals surface area (Å²) in [7, 11) is 3.18. The lowest BCUT2D eigenvalue weighted by Gasteiger charge is -2.16. The number of rotatable bonds is 9. The zero-order valence-electron chi connectivity index (χ0n) is 18.8. The largest absolute Gasteiger partial charge is 0.496 e. The second-order valence-electron chi connectivity index (χ2n) is 7.15.